The minimum absolute atomic E-state index is 0.420. The number of nitrogens with zero attached hydrogens (tertiary/aromatic N) is 2. The van der Waals surface area contributed by atoms with Crippen LogP contribution < -0.4 is 0 Å². The van der Waals surface area contributed by atoms with E-state index in [2.05, 4.69) is 15.9 Å². The van der Waals surface area contributed by atoms with E-state index in [0.717, 1.165) is 51.7 Å². The van der Waals surface area contributed by atoms with Crippen molar-refractivity contribution in [1.82, 2.24) is 9.80 Å². The highest BCUT2D eigenvalue weighted by atomic mass is 16.5. The summed E-state index contributed by atoms with van der Waals surface area (Å²) in [4.78, 5) is 5.08. The summed E-state index contributed by atoms with van der Waals surface area (Å²) in [6.45, 7) is 8.31. The summed E-state index contributed by atoms with van der Waals surface area (Å²) in [5.74, 6) is 1.72. The molecule has 2 fully saturated rings. The fraction of sp³-hybridized carbons (Fsp3) is 0.778. The topological polar surface area (TPSA) is 38.1 Å². The smallest absolute Gasteiger partial charge is 0.117 e. The van der Waals surface area contributed by atoms with Crippen LogP contribution in [0.4, 0.5) is 0 Å². The van der Waals surface area contributed by atoms with Crippen LogP contribution in [0.25, 0.3) is 0 Å². The fourth-order valence-corrected chi connectivity index (χ4v) is 4.31. The van der Waals surface area contributed by atoms with E-state index in [1.165, 1.54) is 19.4 Å². The van der Waals surface area contributed by atoms with Gasteiger partial charge in [-0.1, -0.05) is 0 Å². The standard InChI is InChI=1S/C18H30N2O3/c1-21-11-9-20-12-16(14-22-2)18(15-20)5-7-19(8-6-18)13-17-4-3-10-23-17/h3-4,10,16H,5-9,11-15H2,1-2H3. The Morgan fingerprint density at radius 1 is 1.22 bits per heavy atom. The van der Waals surface area contributed by atoms with E-state index in [0.29, 0.717) is 11.3 Å². The van der Waals surface area contributed by atoms with Gasteiger partial charge in [-0.3, -0.25) is 4.90 Å². The van der Waals surface area contributed by atoms with Crippen molar-refractivity contribution in [3.05, 3.63) is 24.2 Å². The highest BCUT2D eigenvalue weighted by Crippen LogP contribution is 2.44. The highest BCUT2D eigenvalue weighted by Gasteiger charge is 2.47. The first-order valence-corrected chi connectivity index (χ1v) is 8.71. The number of hydrogen-bond donors (Lipinski definition) is 0. The van der Waals surface area contributed by atoms with Crippen molar-refractivity contribution < 1.29 is 13.9 Å². The molecule has 0 bridgehead atoms. The van der Waals surface area contributed by atoms with Crippen molar-refractivity contribution in [3.63, 3.8) is 0 Å². The molecule has 1 unspecified atom stereocenters. The summed E-state index contributed by atoms with van der Waals surface area (Å²) in [6, 6.07) is 4.04. The van der Waals surface area contributed by atoms with Crippen LogP contribution in [0.15, 0.2) is 22.8 Å². The summed E-state index contributed by atoms with van der Waals surface area (Å²) in [5, 5.41) is 0. The molecule has 5 heteroatoms. The molecule has 5 nitrogen and oxygen atoms in total. The van der Waals surface area contributed by atoms with Gasteiger partial charge in [0.25, 0.3) is 0 Å². The van der Waals surface area contributed by atoms with Gasteiger partial charge in [0.05, 0.1) is 26.0 Å². The lowest BCUT2D eigenvalue weighted by atomic mass is 9.71. The molecule has 130 valence electrons. The van der Waals surface area contributed by atoms with Gasteiger partial charge in [0.2, 0.25) is 0 Å². The van der Waals surface area contributed by atoms with Crippen LogP contribution in [0.3, 0.4) is 0 Å². The van der Waals surface area contributed by atoms with E-state index in [-0.39, 0.29) is 0 Å². The molecule has 0 aromatic carbocycles. The summed E-state index contributed by atoms with van der Waals surface area (Å²) in [6.07, 6.45) is 4.27. The quantitative estimate of drug-likeness (QED) is 0.768. The summed E-state index contributed by atoms with van der Waals surface area (Å²) in [7, 11) is 3.61. The Balaban J connectivity index is 1.57. The van der Waals surface area contributed by atoms with Gasteiger partial charge in [0.15, 0.2) is 0 Å². The molecule has 2 aliphatic heterocycles. The molecule has 0 N–H and O–H groups in total. The molecule has 1 aromatic rings. The SMILES string of the molecule is COCCN1CC(COC)C2(CCN(Cc3ccco3)CC2)C1. The van der Waals surface area contributed by atoms with E-state index in [1.807, 2.05) is 13.2 Å². The normalized spacial score (nSPS) is 25.4. The first-order valence-electron chi connectivity index (χ1n) is 8.71. The third-order valence-corrected chi connectivity index (χ3v) is 5.67. The first-order chi connectivity index (χ1) is 11.3. The lowest BCUT2D eigenvalue weighted by Crippen LogP contribution is -2.45. The minimum Gasteiger partial charge on any atom is -0.468 e. The number of hydrogen-bond acceptors (Lipinski definition) is 5. The molecular weight excluding hydrogens is 292 g/mol. The van der Waals surface area contributed by atoms with Crippen molar-refractivity contribution >= 4 is 0 Å². The number of rotatable bonds is 7. The number of likely N-dealkylation sites (tertiary alicyclic amines) is 2. The number of piperidine rings is 1. The third-order valence-electron chi connectivity index (χ3n) is 5.67. The van der Waals surface area contributed by atoms with E-state index in [1.54, 1.807) is 13.4 Å². The first kappa shape index (κ1) is 17.0. The Bertz CT molecular complexity index is 455. The van der Waals surface area contributed by atoms with Gasteiger partial charge in [-0.2, -0.15) is 0 Å². The molecule has 0 aliphatic carbocycles. The van der Waals surface area contributed by atoms with E-state index in [9.17, 15) is 0 Å². The molecule has 0 radical (unpaired) electrons. The van der Waals surface area contributed by atoms with E-state index in [4.69, 9.17) is 13.9 Å². The number of ether oxygens (including phenoxy) is 2. The average Bonchev–Trinajstić information content (AvgIpc) is 3.17. The van der Waals surface area contributed by atoms with Crippen LogP contribution in [-0.2, 0) is 16.0 Å². The average molecular weight is 322 g/mol. The zero-order valence-electron chi connectivity index (χ0n) is 14.5. The van der Waals surface area contributed by atoms with Crippen molar-refractivity contribution in [3.8, 4) is 0 Å². The van der Waals surface area contributed by atoms with Gasteiger partial charge in [-0.15, -0.1) is 0 Å². The minimum atomic E-state index is 0.420. The monoisotopic (exact) mass is 322 g/mol. The second-order valence-electron chi connectivity index (χ2n) is 7.10. The van der Waals surface area contributed by atoms with Crippen LogP contribution >= 0.6 is 0 Å². The van der Waals surface area contributed by atoms with Gasteiger partial charge in [-0.25, -0.2) is 0 Å². The Hall–Kier alpha value is -0.880. The maximum Gasteiger partial charge on any atom is 0.117 e. The van der Waals surface area contributed by atoms with Gasteiger partial charge in [-0.05, 0) is 43.5 Å². The Morgan fingerprint density at radius 3 is 2.70 bits per heavy atom. The van der Waals surface area contributed by atoms with Crippen LogP contribution in [0.2, 0.25) is 0 Å². The van der Waals surface area contributed by atoms with Crippen LogP contribution in [0.5, 0.6) is 0 Å². The predicted molar refractivity (Wildman–Crippen MR) is 89.3 cm³/mol. The summed E-state index contributed by atoms with van der Waals surface area (Å²) < 4.78 is 16.3. The Kier molecular flexibility index (Phi) is 5.75. The molecule has 1 spiro atoms. The molecule has 23 heavy (non-hydrogen) atoms. The lowest BCUT2D eigenvalue weighted by molar-refractivity contribution is 0.0329. The maximum absolute atomic E-state index is 5.53. The van der Waals surface area contributed by atoms with Gasteiger partial charge >= 0.3 is 0 Å². The summed E-state index contributed by atoms with van der Waals surface area (Å²) in [5.41, 5.74) is 0.420. The third kappa shape index (κ3) is 3.97. The molecular formula is C18H30N2O3. The van der Waals surface area contributed by atoms with Gasteiger partial charge in [0.1, 0.15) is 5.76 Å². The van der Waals surface area contributed by atoms with Gasteiger partial charge in [0, 0.05) is 39.8 Å². The number of methoxy groups -OCH3 is 2. The molecule has 0 saturated carbocycles. The van der Waals surface area contributed by atoms with E-state index >= 15 is 0 Å². The summed E-state index contributed by atoms with van der Waals surface area (Å²) >= 11 is 0. The van der Waals surface area contributed by atoms with Crippen LogP contribution in [-0.4, -0.2) is 70.0 Å². The van der Waals surface area contributed by atoms with Crippen molar-refractivity contribution in [1.29, 1.82) is 0 Å². The number of furan rings is 1. The molecule has 2 aliphatic rings. The Morgan fingerprint density at radius 2 is 2.04 bits per heavy atom. The highest BCUT2D eigenvalue weighted by molar-refractivity contribution is 5.02. The second kappa shape index (κ2) is 7.79. The molecule has 1 aromatic heterocycles. The Labute approximate surface area is 139 Å². The second-order valence-corrected chi connectivity index (χ2v) is 7.10. The lowest BCUT2D eigenvalue weighted by Gasteiger charge is -2.42. The molecule has 0 amide bonds. The maximum atomic E-state index is 5.53. The van der Waals surface area contributed by atoms with Crippen molar-refractivity contribution in [2.24, 2.45) is 11.3 Å². The molecule has 3 heterocycles. The largest absolute Gasteiger partial charge is 0.468 e. The van der Waals surface area contributed by atoms with Crippen LogP contribution in [0, 0.1) is 11.3 Å². The predicted octanol–water partition coefficient (Wildman–Crippen LogP) is 2.09. The fourth-order valence-electron chi connectivity index (χ4n) is 4.31. The molecule has 2 saturated heterocycles. The van der Waals surface area contributed by atoms with Gasteiger partial charge < -0.3 is 18.8 Å². The zero-order chi connectivity index (χ0) is 16.1. The van der Waals surface area contributed by atoms with Crippen molar-refractivity contribution in [2.45, 2.75) is 19.4 Å². The zero-order valence-corrected chi connectivity index (χ0v) is 14.5. The van der Waals surface area contributed by atoms with Crippen LogP contribution in [0.1, 0.15) is 18.6 Å². The molecule has 1 atom stereocenters. The van der Waals surface area contributed by atoms with E-state index < -0.39 is 0 Å². The van der Waals surface area contributed by atoms with Crippen molar-refractivity contribution in [2.75, 3.05) is 60.2 Å². The molecule has 3 rings (SSSR count).